The first-order valence-corrected chi connectivity index (χ1v) is 6.59. The van der Waals surface area contributed by atoms with E-state index in [1.165, 1.54) is 0 Å². The van der Waals surface area contributed by atoms with Crippen molar-refractivity contribution in [1.82, 2.24) is 5.32 Å². The van der Waals surface area contributed by atoms with E-state index in [2.05, 4.69) is 5.32 Å². The number of rotatable bonds is 7. The molecule has 4 heteroatoms. The third-order valence-corrected chi connectivity index (χ3v) is 3.26. The Kier molecular flexibility index (Phi) is 6.06. The van der Waals surface area contributed by atoms with Crippen molar-refractivity contribution in [3.8, 4) is 0 Å². The molecule has 19 heavy (non-hydrogen) atoms. The average Bonchev–Trinajstić information content (AvgIpc) is 2.42. The van der Waals surface area contributed by atoms with Gasteiger partial charge in [-0.2, -0.15) is 0 Å². The van der Waals surface area contributed by atoms with Gasteiger partial charge in [0.15, 0.2) is 0 Å². The summed E-state index contributed by atoms with van der Waals surface area (Å²) in [6, 6.07) is 9.45. The summed E-state index contributed by atoms with van der Waals surface area (Å²) in [4.78, 5) is 22.9. The van der Waals surface area contributed by atoms with E-state index >= 15 is 0 Å². The predicted molar refractivity (Wildman–Crippen MR) is 73.7 cm³/mol. The zero-order chi connectivity index (χ0) is 14.3. The number of carboxylic acids is 1. The van der Waals surface area contributed by atoms with E-state index < -0.39 is 11.9 Å². The van der Waals surface area contributed by atoms with Crippen molar-refractivity contribution < 1.29 is 14.7 Å². The maximum absolute atomic E-state index is 11.6. The molecule has 0 spiro atoms. The highest BCUT2D eigenvalue weighted by Crippen LogP contribution is 2.09. The van der Waals surface area contributed by atoms with Crippen molar-refractivity contribution in [2.75, 3.05) is 6.54 Å². The van der Waals surface area contributed by atoms with E-state index in [1.54, 1.807) is 0 Å². The van der Waals surface area contributed by atoms with Crippen LogP contribution >= 0.6 is 0 Å². The first-order chi connectivity index (χ1) is 9.04. The zero-order valence-electron chi connectivity index (χ0n) is 11.4. The summed E-state index contributed by atoms with van der Waals surface area (Å²) in [5.41, 5.74) is 0.965. The molecule has 0 fully saturated rings. The highest BCUT2D eigenvalue weighted by Gasteiger charge is 2.20. The van der Waals surface area contributed by atoms with E-state index in [9.17, 15) is 14.7 Å². The minimum Gasteiger partial charge on any atom is -0.481 e. The summed E-state index contributed by atoms with van der Waals surface area (Å²) in [5.74, 6) is -1.63. The Bertz CT molecular complexity index is 417. The molecule has 0 aromatic heterocycles. The Morgan fingerprint density at radius 2 is 1.89 bits per heavy atom. The van der Waals surface area contributed by atoms with Crippen LogP contribution in [-0.2, 0) is 16.0 Å². The number of carbonyl (C=O) groups is 2. The summed E-state index contributed by atoms with van der Waals surface area (Å²) < 4.78 is 0. The lowest BCUT2D eigenvalue weighted by molar-refractivity contribution is -0.141. The zero-order valence-corrected chi connectivity index (χ0v) is 11.4. The summed E-state index contributed by atoms with van der Waals surface area (Å²) >= 11 is 0. The van der Waals surface area contributed by atoms with Gasteiger partial charge in [-0.3, -0.25) is 9.59 Å². The molecule has 0 aliphatic carbocycles. The lowest BCUT2D eigenvalue weighted by Gasteiger charge is -2.15. The molecule has 104 valence electrons. The third kappa shape index (κ3) is 5.12. The van der Waals surface area contributed by atoms with Crippen molar-refractivity contribution >= 4 is 11.9 Å². The number of amides is 1. The maximum Gasteiger partial charge on any atom is 0.308 e. The molecule has 0 heterocycles. The molecule has 2 unspecified atom stereocenters. The van der Waals surface area contributed by atoms with Crippen LogP contribution in [0.25, 0.3) is 0 Å². The highest BCUT2D eigenvalue weighted by atomic mass is 16.4. The van der Waals surface area contributed by atoms with E-state index in [4.69, 9.17) is 0 Å². The van der Waals surface area contributed by atoms with Gasteiger partial charge in [0.05, 0.1) is 5.92 Å². The van der Waals surface area contributed by atoms with Gasteiger partial charge < -0.3 is 10.4 Å². The van der Waals surface area contributed by atoms with Gasteiger partial charge >= 0.3 is 5.97 Å². The number of carboxylic acid groups (broad SMARTS) is 1. The number of hydrogen-bond donors (Lipinski definition) is 2. The summed E-state index contributed by atoms with van der Waals surface area (Å²) in [6.07, 6.45) is 1.18. The van der Waals surface area contributed by atoms with Gasteiger partial charge in [-0.25, -0.2) is 0 Å². The van der Waals surface area contributed by atoms with Crippen LogP contribution < -0.4 is 5.32 Å². The Balaban J connectivity index is 2.55. The standard InChI is InChI=1S/C15H21NO3/c1-3-11(2)14(17)16-10-13(15(18)19)9-12-7-5-4-6-8-12/h4-8,11,13H,3,9-10H2,1-2H3,(H,16,17)(H,18,19). The topological polar surface area (TPSA) is 66.4 Å². The minimum atomic E-state index is -0.881. The van der Waals surface area contributed by atoms with Gasteiger partial charge in [-0.15, -0.1) is 0 Å². The molecule has 1 amide bonds. The SMILES string of the molecule is CCC(C)C(=O)NCC(Cc1ccccc1)C(=O)O. The Hall–Kier alpha value is -1.84. The summed E-state index contributed by atoms with van der Waals surface area (Å²) in [5, 5.41) is 11.9. The fraction of sp³-hybridized carbons (Fsp3) is 0.467. The molecule has 0 saturated carbocycles. The third-order valence-electron chi connectivity index (χ3n) is 3.26. The van der Waals surface area contributed by atoms with Crippen molar-refractivity contribution in [3.63, 3.8) is 0 Å². The second kappa shape index (κ2) is 7.56. The largest absolute Gasteiger partial charge is 0.481 e. The van der Waals surface area contributed by atoms with Crippen LogP contribution in [0.2, 0.25) is 0 Å². The maximum atomic E-state index is 11.6. The molecular weight excluding hydrogens is 242 g/mol. The van der Waals surface area contributed by atoms with Crippen LogP contribution in [0.15, 0.2) is 30.3 Å². The van der Waals surface area contributed by atoms with Crippen molar-refractivity contribution in [2.45, 2.75) is 26.7 Å². The van der Waals surface area contributed by atoms with Crippen LogP contribution in [0.4, 0.5) is 0 Å². The van der Waals surface area contributed by atoms with E-state index in [0.29, 0.717) is 6.42 Å². The normalized spacial score (nSPS) is 13.6. The summed E-state index contributed by atoms with van der Waals surface area (Å²) in [6.45, 7) is 3.94. The van der Waals surface area contributed by atoms with E-state index in [1.807, 2.05) is 44.2 Å². The van der Waals surface area contributed by atoms with Gasteiger partial charge in [0.25, 0.3) is 0 Å². The molecule has 4 nitrogen and oxygen atoms in total. The van der Waals surface area contributed by atoms with Gasteiger partial charge in [0, 0.05) is 12.5 Å². The van der Waals surface area contributed by atoms with Crippen molar-refractivity contribution in [2.24, 2.45) is 11.8 Å². The summed E-state index contributed by atoms with van der Waals surface area (Å²) in [7, 11) is 0. The first-order valence-electron chi connectivity index (χ1n) is 6.59. The quantitative estimate of drug-likeness (QED) is 0.791. The molecule has 1 aromatic carbocycles. The monoisotopic (exact) mass is 263 g/mol. The van der Waals surface area contributed by atoms with Crippen LogP contribution in [0, 0.1) is 11.8 Å². The van der Waals surface area contributed by atoms with Crippen LogP contribution in [0.1, 0.15) is 25.8 Å². The Labute approximate surface area is 113 Å². The molecule has 0 radical (unpaired) electrons. The Morgan fingerprint density at radius 1 is 1.26 bits per heavy atom. The molecule has 0 aliphatic rings. The Morgan fingerprint density at radius 3 is 2.42 bits per heavy atom. The first kappa shape index (κ1) is 15.2. The van der Waals surface area contributed by atoms with E-state index in [0.717, 1.165) is 12.0 Å². The van der Waals surface area contributed by atoms with Crippen LogP contribution in [-0.4, -0.2) is 23.5 Å². The van der Waals surface area contributed by atoms with E-state index in [-0.39, 0.29) is 18.4 Å². The number of carbonyl (C=O) groups excluding carboxylic acids is 1. The van der Waals surface area contributed by atoms with Gasteiger partial charge in [0.1, 0.15) is 0 Å². The lowest BCUT2D eigenvalue weighted by atomic mass is 9.99. The average molecular weight is 263 g/mol. The highest BCUT2D eigenvalue weighted by molar-refractivity contribution is 5.79. The van der Waals surface area contributed by atoms with Crippen molar-refractivity contribution in [1.29, 1.82) is 0 Å². The number of benzene rings is 1. The fourth-order valence-electron chi connectivity index (χ4n) is 1.73. The molecule has 2 N–H and O–H groups in total. The van der Waals surface area contributed by atoms with Gasteiger partial charge in [-0.05, 0) is 18.4 Å². The molecule has 1 rings (SSSR count). The predicted octanol–water partition coefficient (Wildman–Crippen LogP) is 2.09. The molecule has 0 aliphatic heterocycles. The molecule has 1 aromatic rings. The van der Waals surface area contributed by atoms with Crippen LogP contribution in [0.3, 0.4) is 0 Å². The second-order valence-corrected chi connectivity index (χ2v) is 4.78. The smallest absolute Gasteiger partial charge is 0.308 e. The molecule has 2 atom stereocenters. The van der Waals surface area contributed by atoms with Crippen LogP contribution in [0.5, 0.6) is 0 Å². The second-order valence-electron chi connectivity index (χ2n) is 4.78. The lowest BCUT2D eigenvalue weighted by Crippen LogP contribution is -2.36. The van der Waals surface area contributed by atoms with Crippen molar-refractivity contribution in [3.05, 3.63) is 35.9 Å². The van der Waals surface area contributed by atoms with Gasteiger partial charge in [0.2, 0.25) is 5.91 Å². The van der Waals surface area contributed by atoms with Gasteiger partial charge in [-0.1, -0.05) is 44.2 Å². The number of aliphatic carboxylic acids is 1. The number of nitrogens with one attached hydrogen (secondary N) is 1. The molecule has 0 bridgehead atoms. The molecular formula is C15H21NO3. The molecule has 0 saturated heterocycles. The number of hydrogen-bond acceptors (Lipinski definition) is 2. The minimum absolute atomic E-state index is 0.0776. The fourth-order valence-corrected chi connectivity index (χ4v) is 1.73.